The number of aromatic nitrogens is 3. The van der Waals surface area contributed by atoms with Crippen molar-refractivity contribution in [3.63, 3.8) is 0 Å². The summed E-state index contributed by atoms with van der Waals surface area (Å²) < 4.78 is 7.92. The third-order valence-corrected chi connectivity index (χ3v) is 6.18. The van der Waals surface area contributed by atoms with Gasteiger partial charge in [-0.15, -0.1) is 10.2 Å². The van der Waals surface area contributed by atoms with E-state index in [2.05, 4.69) is 28.5 Å². The van der Waals surface area contributed by atoms with Crippen LogP contribution in [0.25, 0.3) is 0 Å². The van der Waals surface area contributed by atoms with Crippen molar-refractivity contribution in [2.45, 2.75) is 46.0 Å². The number of ether oxygens (including phenoxy) is 1. The van der Waals surface area contributed by atoms with Crippen molar-refractivity contribution >= 4 is 35.0 Å². The van der Waals surface area contributed by atoms with Crippen LogP contribution < -0.4 is 10.1 Å². The van der Waals surface area contributed by atoms with Crippen molar-refractivity contribution in [2.75, 3.05) is 11.1 Å². The topological polar surface area (TPSA) is 69.0 Å². The maximum Gasteiger partial charge on any atom is 0.234 e. The van der Waals surface area contributed by atoms with Gasteiger partial charge in [-0.3, -0.25) is 4.79 Å². The number of anilines is 1. The van der Waals surface area contributed by atoms with E-state index in [1.807, 2.05) is 49.6 Å². The molecule has 6 nitrogen and oxygen atoms in total. The number of carbonyl (C=O) groups is 1. The molecule has 8 heteroatoms. The lowest BCUT2D eigenvalue weighted by molar-refractivity contribution is -0.113. The molecule has 1 amide bonds. The summed E-state index contributed by atoms with van der Waals surface area (Å²) in [6, 6.07) is 11.4. The minimum absolute atomic E-state index is 0.126. The van der Waals surface area contributed by atoms with E-state index in [1.165, 1.54) is 17.3 Å². The van der Waals surface area contributed by atoms with Gasteiger partial charge in [0.15, 0.2) is 11.0 Å². The molecule has 0 aliphatic carbocycles. The first-order valence-corrected chi connectivity index (χ1v) is 11.0. The third kappa shape index (κ3) is 5.34. The summed E-state index contributed by atoms with van der Waals surface area (Å²) in [5.74, 6) is 1.66. The monoisotopic (exact) mass is 444 g/mol. The number of thioether (sulfide) groups is 1. The number of amides is 1. The molecular formula is C22H25ClN4O2S. The van der Waals surface area contributed by atoms with Gasteiger partial charge in [-0.2, -0.15) is 0 Å². The molecule has 30 heavy (non-hydrogen) atoms. The second-order valence-electron chi connectivity index (χ2n) is 6.93. The molecule has 1 N–H and O–H groups in total. The predicted molar refractivity (Wildman–Crippen MR) is 121 cm³/mol. The van der Waals surface area contributed by atoms with Crippen molar-refractivity contribution in [1.29, 1.82) is 0 Å². The number of halogens is 1. The van der Waals surface area contributed by atoms with Crippen molar-refractivity contribution in [1.82, 2.24) is 14.8 Å². The fraction of sp³-hybridized carbons (Fsp3) is 0.318. The van der Waals surface area contributed by atoms with Gasteiger partial charge in [0.2, 0.25) is 5.91 Å². The predicted octanol–water partition coefficient (Wildman–Crippen LogP) is 5.19. The number of benzene rings is 2. The van der Waals surface area contributed by atoms with Gasteiger partial charge in [-0.05, 0) is 62.6 Å². The first-order valence-electron chi connectivity index (χ1n) is 9.69. The average molecular weight is 445 g/mol. The number of hydrogen-bond donors (Lipinski definition) is 1. The van der Waals surface area contributed by atoms with E-state index in [4.69, 9.17) is 16.3 Å². The van der Waals surface area contributed by atoms with Crippen LogP contribution in [0.3, 0.4) is 0 Å². The van der Waals surface area contributed by atoms with Crippen LogP contribution in [0.1, 0.15) is 29.4 Å². The third-order valence-electron chi connectivity index (χ3n) is 4.81. The van der Waals surface area contributed by atoms with E-state index in [0.29, 0.717) is 29.0 Å². The molecule has 0 fully saturated rings. The largest absolute Gasteiger partial charge is 0.485 e. The minimum Gasteiger partial charge on any atom is -0.485 e. The second-order valence-corrected chi connectivity index (χ2v) is 8.28. The first kappa shape index (κ1) is 22.2. The van der Waals surface area contributed by atoms with Crippen molar-refractivity contribution < 1.29 is 9.53 Å². The summed E-state index contributed by atoms with van der Waals surface area (Å²) in [4.78, 5) is 12.3. The smallest absolute Gasteiger partial charge is 0.234 e. The number of rotatable bonds is 8. The Morgan fingerprint density at radius 1 is 1.17 bits per heavy atom. The number of nitrogens with one attached hydrogen (secondary N) is 1. The van der Waals surface area contributed by atoms with Crippen molar-refractivity contribution in [2.24, 2.45) is 0 Å². The maximum atomic E-state index is 12.3. The molecule has 3 aromatic rings. The Morgan fingerprint density at radius 2 is 1.97 bits per heavy atom. The van der Waals surface area contributed by atoms with E-state index in [1.54, 1.807) is 6.07 Å². The van der Waals surface area contributed by atoms with Gasteiger partial charge >= 0.3 is 0 Å². The molecule has 0 saturated heterocycles. The summed E-state index contributed by atoms with van der Waals surface area (Å²) >= 11 is 7.46. The summed E-state index contributed by atoms with van der Waals surface area (Å²) in [5.41, 5.74) is 3.94. The molecule has 158 valence electrons. The standard InChI is InChI=1S/C22H25ClN4O2S/c1-5-27-20(12-29-19-8-6-7-14(2)16(19)4)25-26-22(27)30-13-21(28)24-17-10-9-15(3)18(23)11-17/h6-11H,5,12-13H2,1-4H3,(H,24,28). The Balaban J connectivity index is 1.60. The first-order chi connectivity index (χ1) is 14.4. The Labute approximate surface area is 186 Å². The highest BCUT2D eigenvalue weighted by atomic mass is 35.5. The molecule has 0 aliphatic heterocycles. The van der Waals surface area contributed by atoms with E-state index in [0.717, 1.165) is 22.7 Å². The molecule has 0 saturated carbocycles. The molecule has 3 rings (SSSR count). The van der Waals surface area contributed by atoms with Crippen molar-refractivity contribution in [3.05, 3.63) is 63.9 Å². The molecule has 1 heterocycles. The fourth-order valence-corrected chi connectivity index (χ4v) is 3.87. The van der Waals surface area contributed by atoms with Gasteiger partial charge in [0.1, 0.15) is 12.4 Å². The van der Waals surface area contributed by atoms with E-state index >= 15 is 0 Å². The van der Waals surface area contributed by atoms with E-state index < -0.39 is 0 Å². The molecule has 0 atom stereocenters. The van der Waals surface area contributed by atoms with Crippen LogP contribution in [0, 0.1) is 20.8 Å². The molecule has 0 unspecified atom stereocenters. The molecule has 0 bridgehead atoms. The number of aryl methyl sites for hydroxylation is 2. The van der Waals surface area contributed by atoms with Gasteiger partial charge in [-0.25, -0.2) is 0 Å². The van der Waals surface area contributed by atoms with Gasteiger partial charge < -0.3 is 14.6 Å². The lowest BCUT2D eigenvalue weighted by Gasteiger charge is -2.12. The fourth-order valence-electron chi connectivity index (χ4n) is 2.87. The zero-order chi connectivity index (χ0) is 21.7. The van der Waals surface area contributed by atoms with Crippen LogP contribution in [0.2, 0.25) is 5.02 Å². The van der Waals surface area contributed by atoms with Crippen LogP contribution in [0.5, 0.6) is 5.75 Å². The van der Waals surface area contributed by atoms with Gasteiger partial charge in [-0.1, -0.05) is 41.6 Å². The van der Waals surface area contributed by atoms with Gasteiger partial charge in [0, 0.05) is 17.3 Å². The molecule has 2 aromatic carbocycles. The summed E-state index contributed by atoms with van der Waals surface area (Å²) in [6.45, 7) is 9.04. The van der Waals surface area contributed by atoms with Crippen LogP contribution in [0.4, 0.5) is 5.69 Å². The Hall–Kier alpha value is -2.51. The lowest BCUT2D eigenvalue weighted by Crippen LogP contribution is -2.15. The van der Waals surface area contributed by atoms with Crippen LogP contribution in [-0.2, 0) is 17.9 Å². The van der Waals surface area contributed by atoms with E-state index in [-0.39, 0.29) is 11.7 Å². The summed E-state index contributed by atoms with van der Waals surface area (Å²) in [6.07, 6.45) is 0. The average Bonchev–Trinajstić information content (AvgIpc) is 3.12. The van der Waals surface area contributed by atoms with E-state index in [9.17, 15) is 4.79 Å². The second kappa shape index (κ2) is 10.00. The lowest BCUT2D eigenvalue weighted by atomic mass is 10.1. The highest BCUT2D eigenvalue weighted by molar-refractivity contribution is 7.99. The maximum absolute atomic E-state index is 12.3. The molecular weight excluding hydrogens is 420 g/mol. The molecule has 0 spiro atoms. The molecule has 1 aromatic heterocycles. The zero-order valence-electron chi connectivity index (χ0n) is 17.5. The number of hydrogen-bond acceptors (Lipinski definition) is 5. The molecule has 0 radical (unpaired) electrons. The van der Waals surface area contributed by atoms with Crippen LogP contribution >= 0.6 is 23.4 Å². The number of nitrogens with zero attached hydrogens (tertiary/aromatic N) is 3. The van der Waals surface area contributed by atoms with Crippen LogP contribution in [-0.4, -0.2) is 26.4 Å². The Kier molecular flexibility index (Phi) is 7.39. The summed E-state index contributed by atoms with van der Waals surface area (Å²) in [7, 11) is 0. The summed E-state index contributed by atoms with van der Waals surface area (Å²) in [5, 5.41) is 12.7. The Morgan fingerprint density at radius 3 is 2.70 bits per heavy atom. The SMILES string of the molecule is CCn1c(COc2cccc(C)c2C)nnc1SCC(=O)Nc1ccc(C)c(Cl)c1. The quantitative estimate of drug-likeness (QED) is 0.484. The minimum atomic E-state index is -0.126. The van der Waals surface area contributed by atoms with Crippen molar-refractivity contribution in [3.8, 4) is 5.75 Å². The highest BCUT2D eigenvalue weighted by Gasteiger charge is 2.14. The van der Waals surface area contributed by atoms with Gasteiger partial charge in [0.25, 0.3) is 0 Å². The number of carbonyl (C=O) groups excluding carboxylic acids is 1. The van der Waals surface area contributed by atoms with Gasteiger partial charge in [0.05, 0.1) is 5.75 Å². The highest BCUT2D eigenvalue weighted by Crippen LogP contribution is 2.24. The molecule has 0 aliphatic rings. The van der Waals surface area contributed by atoms with Crippen LogP contribution in [0.15, 0.2) is 41.6 Å². The Bertz CT molecular complexity index is 1050. The normalized spacial score (nSPS) is 10.8. The zero-order valence-corrected chi connectivity index (χ0v) is 19.1.